The van der Waals surface area contributed by atoms with Crippen molar-refractivity contribution in [3.05, 3.63) is 35.4 Å². The first kappa shape index (κ1) is 15.6. The van der Waals surface area contributed by atoms with Crippen LogP contribution in [0.3, 0.4) is 0 Å². The Balaban J connectivity index is 2.26. The third-order valence-corrected chi connectivity index (χ3v) is 5.27. The second-order valence-electron chi connectivity index (χ2n) is 7.66. The first-order valence-electron chi connectivity index (χ1n) is 8.13. The Bertz CT molecular complexity index is 430. The first-order chi connectivity index (χ1) is 9.43. The van der Waals surface area contributed by atoms with Crippen molar-refractivity contribution in [3.63, 3.8) is 0 Å². The summed E-state index contributed by atoms with van der Waals surface area (Å²) in [6.07, 6.45) is 4.10. The van der Waals surface area contributed by atoms with Crippen molar-refractivity contribution < 1.29 is 0 Å². The van der Waals surface area contributed by atoms with Crippen LogP contribution in [0, 0.1) is 24.2 Å². The molecule has 1 heteroatoms. The van der Waals surface area contributed by atoms with Crippen molar-refractivity contribution in [1.82, 2.24) is 5.32 Å². The summed E-state index contributed by atoms with van der Waals surface area (Å²) < 4.78 is 0. The van der Waals surface area contributed by atoms with Crippen molar-refractivity contribution in [2.75, 3.05) is 13.6 Å². The summed E-state index contributed by atoms with van der Waals surface area (Å²) in [7, 11) is 2.09. The summed E-state index contributed by atoms with van der Waals surface area (Å²) in [5.74, 6) is 2.36. The van der Waals surface area contributed by atoms with E-state index in [1.165, 1.54) is 24.8 Å². The van der Waals surface area contributed by atoms with Crippen LogP contribution in [0.1, 0.15) is 57.1 Å². The average molecular weight is 273 g/mol. The second kappa shape index (κ2) is 6.30. The number of benzene rings is 1. The summed E-state index contributed by atoms with van der Waals surface area (Å²) >= 11 is 0. The molecule has 0 saturated heterocycles. The molecule has 0 radical (unpaired) electrons. The lowest BCUT2D eigenvalue weighted by Crippen LogP contribution is -2.35. The van der Waals surface area contributed by atoms with E-state index in [1.54, 1.807) is 5.56 Å². The van der Waals surface area contributed by atoms with Crippen LogP contribution in [0.15, 0.2) is 24.3 Å². The van der Waals surface area contributed by atoms with E-state index in [0.717, 1.165) is 24.3 Å². The number of rotatable bonds is 3. The van der Waals surface area contributed by atoms with Crippen molar-refractivity contribution in [1.29, 1.82) is 0 Å². The van der Waals surface area contributed by atoms with E-state index < -0.39 is 0 Å². The maximum atomic E-state index is 3.41. The summed E-state index contributed by atoms with van der Waals surface area (Å²) in [6, 6.07) is 9.00. The maximum absolute atomic E-state index is 3.41. The van der Waals surface area contributed by atoms with Gasteiger partial charge in [-0.25, -0.2) is 0 Å². The van der Waals surface area contributed by atoms with Gasteiger partial charge < -0.3 is 5.32 Å². The fraction of sp³-hybridized carbons (Fsp3) is 0.684. The Morgan fingerprint density at radius 1 is 1.15 bits per heavy atom. The smallest absolute Gasteiger partial charge is 0.00177 e. The van der Waals surface area contributed by atoms with Gasteiger partial charge in [0.1, 0.15) is 0 Å². The van der Waals surface area contributed by atoms with Crippen LogP contribution in [-0.4, -0.2) is 13.6 Å². The molecule has 1 aromatic carbocycles. The van der Waals surface area contributed by atoms with Gasteiger partial charge in [-0.15, -0.1) is 0 Å². The van der Waals surface area contributed by atoms with Gasteiger partial charge in [-0.1, -0.05) is 45.0 Å². The largest absolute Gasteiger partial charge is 0.319 e. The molecule has 20 heavy (non-hydrogen) atoms. The Hall–Kier alpha value is -0.820. The minimum atomic E-state index is 0.436. The molecule has 0 heterocycles. The molecule has 0 spiro atoms. The lowest BCUT2D eigenvalue weighted by atomic mass is 9.63. The van der Waals surface area contributed by atoms with Crippen LogP contribution in [0.25, 0.3) is 0 Å². The monoisotopic (exact) mass is 273 g/mol. The highest BCUT2D eigenvalue weighted by molar-refractivity contribution is 5.30. The van der Waals surface area contributed by atoms with Crippen molar-refractivity contribution >= 4 is 0 Å². The molecule has 3 unspecified atom stereocenters. The highest BCUT2D eigenvalue weighted by atomic mass is 14.8. The van der Waals surface area contributed by atoms with Crippen molar-refractivity contribution in [3.8, 4) is 0 Å². The second-order valence-corrected chi connectivity index (χ2v) is 7.66. The standard InChI is InChI=1S/C19H31N/c1-14-8-6-7-9-17(14)18-12-16(19(2,3)4)11-10-15(18)13-20-5/h6-9,15-16,18,20H,10-13H2,1-5H3. The van der Waals surface area contributed by atoms with Crippen molar-refractivity contribution in [2.45, 2.75) is 52.9 Å². The highest BCUT2D eigenvalue weighted by Gasteiger charge is 2.36. The Kier molecular flexibility index (Phi) is 4.90. The molecule has 1 aliphatic rings. The normalized spacial score (nSPS) is 27.6. The zero-order chi connectivity index (χ0) is 14.8. The fourth-order valence-electron chi connectivity index (χ4n) is 3.91. The number of hydrogen-bond acceptors (Lipinski definition) is 1. The first-order valence-corrected chi connectivity index (χ1v) is 8.13. The molecule has 1 fully saturated rings. The van der Waals surface area contributed by atoms with Gasteiger partial charge in [0.15, 0.2) is 0 Å². The summed E-state index contributed by atoms with van der Waals surface area (Å²) in [4.78, 5) is 0. The van der Waals surface area contributed by atoms with Crippen LogP contribution in [0.2, 0.25) is 0 Å². The average Bonchev–Trinajstić information content (AvgIpc) is 2.39. The van der Waals surface area contributed by atoms with E-state index in [-0.39, 0.29) is 0 Å². The zero-order valence-corrected chi connectivity index (χ0v) is 13.9. The lowest BCUT2D eigenvalue weighted by molar-refractivity contribution is 0.130. The number of nitrogens with one attached hydrogen (secondary N) is 1. The quantitative estimate of drug-likeness (QED) is 0.837. The summed E-state index contributed by atoms with van der Waals surface area (Å²) in [5, 5.41) is 3.41. The number of hydrogen-bond donors (Lipinski definition) is 1. The van der Waals surface area contributed by atoms with Gasteiger partial charge in [-0.2, -0.15) is 0 Å². The molecule has 1 saturated carbocycles. The van der Waals surface area contributed by atoms with Crippen LogP contribution < -0.4 is 5.32 Å². The van der Waals surface area contributed by atoms with Crippen LogP contribution in [0.4, 0.5) is 0 Å². The molecule has 3 atom stereocenters. The SMILES string of the molecule is CNCC1CCC(C(C)(C)C)CC1c1ccccc1C. The van der Waals surface area contributed by atoms with E-state index in [4.69, 9.17) is 0 Å². The van der Waals surface area contributed by atoms with Gasteiger partial charge in [0.25, 0.3) is 0 Å². The van der Waals surface area contributed by atoms with Crippen LogP contribution >= 0.6 is 0 Å². The van der Waals surface area contributed by atoms with E-state index in [0.29, 0.717) is 5.41 Å². The summed E-state index contributed by atoms with van der Waals surface area (Å²) in [5.41, 5.74) is 3.49. The minimum absolute atomic E-state index is 0.436. The molecular weight excluding hydrogens is 242 g/mol. The molecular formula is C19H31N. The van der Waals surface area contributed by atoms with E-state index in [1.807, 2.05) is 0 Å². The topological polar surface area (TPSA) is 12.0 Å². The molecule has 0 aliphatic heterocycles. The molecule has 112 valence electrons. The van der Waals surface area contributed by atoms with Gasteiger partial charge in [0, 0.05) is 0 Å². The van der Waals surface area contributed by atoms with Crippen LogP contribution in [0.5, 0.6) is 0 Å². The van der Waals surface area contributed by atoms with Gasteiger partial charge in [-0.3, -0.25) is 0 Å². The van der Waals surface area contributed by atoms with E-state index in [2.05, 4.69) is 64.3 Å². The highest BCUT2D eigenvalue weighted by Crippen LogP contribution is 2.47. The molecule has 1 aromatic rings. The molecule has 0 amide bonds. The Morgan fingerprint density at radius 3 is 2.45 bits per heavy atom. The zero-order valence-electron chi connectivity index (χ0n) is 13.9. The van der Waals surface area contributed by atoms with Crippen molar-refractivity contribution in [2.24, 2.45) is 17.3 Å². The third kappa shape index (κ3) is 3.44. The number of aryl methyl sites for hydroxylation is 1. The van der Waals surface area contributed by atoms with E-state index in [9.17, 15) is 0 Å². The molecule has 0 aromatic heterocycles. The Morgan fingerprint density at radius 2 is 1.85 bits per heavy atom. The molecule has 2 rings (SSSR count). The van der Waals surface area contributed by atoms with E-state index >= 15 is 0 Å². The minimum Gasteiger partial charge on any atom is -0.319 e. The van der Waals surface area contributed by atoms with Gasteiger partial charge >= 0.3 is 0 Å². The predicted molar refractivity (Wildman–Crippen MR) is 88.1 cm³/mol. The van der Waals surface area contributed by atoms with Gasteiger partial charge in [-0.05, 0) is 74.1 Å². The lowest BCUT2D eigenvalue weighted by Gasteiger charge is -2.42. The maximum Gasteiger partial charge on any atom is -0.00177 e. The summed E-state index contributed by atoms with van der Waals surface area (Å²) in [6.45, 7) is 10.6. The van der Waals surface area contributed by atoms with Crippen LogP contribution in [-0.2, 0) is 0 Å². The third-order valence-electron chi connectivity index (χ3n) is 5.27. The molecule has 1 aliphatic carbocycles. The molecule has 1 nitrogen and oxygen atoms in total. The fourth-order valence-corrected chi connectivity index (χ4v) is 3.91. The molecule has 1 N–H and O–H groups in total. The predicted octanol–water partition coefficient (Wildman–Crippen LogP) is 4.76. The van der Waals surface area contributed by atoms with Gasteiger partial charge in [0.05, 0.1) is 0 Å². The molecule has 0 bridgehead atoms. The van der Waals surface area contributed by atoms with Gasteiger partial charge in [0.2, 0.25) is 0 Å². The Labute approximate surface area is 125 Å².